The van der Waals surface area contributed by atoms with Gasteiger partial charge in [0.25, 0.3) is 5.91 Å². The van der Waals surface area contributed by atoms with Crippen LogP contribution in [0.25, 0.3) is 0 Å². The number of halogens is 3. The van der Waals surface area contributed by atoms with Crippen molar-refractivity contribution in [1.29, 1.82) is 0 Å². The summed E-state index contributed by atoms with van der Waals surface area (Å²) >= 11 is 0. The average Bonchev–Trinajstić information content (AvgIpc) is 2.84. The minimum Gasteiger partial charge on any atom is -0.357 e. The molecule has 7 heteroatoms. The Morgan fingerprint density at radius 2 is 2.12 bits per heavy atom. The fourth-order valence-electron chi connectivity index (χ4n) is 2.68. The fourth-order valence-corrected chi connectivity index (χ4v) is 2.68. The fraction of sp³-hybridized carbons (Fsp3) is 0.412. The number of rotatable bonds is 4. The van der Waals surface area contributed by atoms with Crippen LogP contribution in [-0.4, -0.2) is 21.9 Å². The van der Waals surface area contributed by atoms with Crippen LogP contribution in [0.1, 0.15) is 52.1 Å². The van der Waals surface area contributed by atoms with Gasteiger partial charge in [0.1, 0.15) is 11.4 Å². The standard InChI is InChI=1S/C17H18F3N3O/c1-10-12(7-11-5-6-14(21-8-11)17(18,19)20)9-22-15(10)16(24)23-13-3-2-4-13/h5-6,8-9,13,22H,2-4,7H2,1H3,(H,23,24). The van der Waals surface area contributed by atoms with Gasteiger partial charge in [-0.05, 0) is 48.9 Å². The van der Waals surface area contributed by atoms with E-state index in [4.69, 9.17) is 0 Å². The van der Waals surface area contributed by atoms with Crippen LogP contribution >= 0.6 is 0 Å². The molecule has 0 unspecified atom stereocenters. The molecule has 0 radical (unpaired) electrons. The summed E-state index contributed by atoms with van der Waals surface area (Å²) in [5.41, 5.74) is 1.95. The van der Waals surface area contributed by atoms with Gasteiger partial charge in [0.2, 0.25) is 0 Å². The van der Waals surface area contributed by atoms with E-state index in [0.29, 0.717) is 17.7 Å². The number of H-pyrrole nitrogens is 1. The van der Waals surface area contributed by atoms with Crippen LogP contribution in [-0.2, 0) is 12.6 Å². The second kappa shape index (κ2) is 6.30. The Kier molecular flexibility index (Phi) is 4.34. The van der Waals surface area contributed by atoms with Crippen LogP contribution in [0, 0.1) is 6.92 Å². The van der Waals surface area contributed by atoms with Gasteiger partial charge in [0.05, 0.1) is 0 Å². The Bertz CT molecular complexity index is 731. The molecule has 0 aliphatic heterocycles. The molecule has 0 saturated heterocycles. The van der Waals surface area contributed by atoms with E-state index in [1.165, 1.54) is 12.3 Å². The maximum atomic E-state index is 12.5. The van der Waals surface area contributed by atoms with Crippen molar-refractivity contribution in [2.75, 3.05) is 0 Å². The van der Waals surface area contributed by atoms with Gasteiger partial charge in [-0.3, -0.25) is 9.78 Å². The number of nitrogens with one attached hydrogen (secondary N) is 2. The van der Waals surface area contributed by atoms with E-state index >= 15 is 0 Å². The zero-order chi connectivity index (χ0) is 17.3. The summed E-state index contributed by atoms with van der Waals surface area (Å²) in [7, 11) is 0. The van der Waals surface area contributed by atoms with Crippen LogP contribution in [0.5, 0.6) is 0 Å². The van der Waals surface area contributed by atoms with Crippen molar-refractivity contribution >= 4 is 5.91 Å². The predicted octanol–water partition coefficient (Wildman–Crippen LogP) is 3.61. The van der Waals surface area contributed by atoms with Gasteiger partial charge in [-0.2, -0.15) is 13.2 Å². The molecule has 2 heterocycles. The van der Waals surface area contributed by atoms with Crippen LogP contribution in [0.2, 0.25) is 0 Å². The van der Waals surface area contributed by atoms with Gasteiger partial charge in [0, 0.05) is 24.9 Å². The van der Waals surface area contributed by atoms with E-state index < -0.39 is 11.9 Å². The molecule has 128 valence electrons. The van der Waals surface area contributed by atoms with Crippen molar-refractivity contribution in [2.45, 2.75) is 44.8 Å². The molecule has 0 aromatic carbocycles. The molecule has 1 fully saturated rings. The van der Waals surface area contributed by atoms with Gasteiger partial charge in [-0.15, -0.1) is 0 Å². The first-order chi connectivity index (χ1) is 11.3. The third kappa shape index (κ3) is 3.44. The summed E-state index contributed by atoms with van der Waals surface area (Å²) in [5.74, 6) is -0.131. The van der Waals surface area contributed by atoms with E-state index in [2.05, 4.69) is 15.3 Å². The van der Waals surface area contributed by atoms with Gasteiger partial charge >= 0.3 is 6.18 Å². The van der Waals surface area contributed by atoms with Crippen molar-refractivity contribution in [1.82, 2.24) is 15.3 Å². The lowest BCUT2D eigenvalue weighted by Gasteiger charge is -2.26. The number of hydrogen-bond acceptors (Lipinski definition) is 2. The third-order valence-corrected chi connectivity index (χ3v) is 4.42. The Labute approximate surface area is 137 Å². The number of carbonyl (C=O) groups is 1. The van der Waals surface area contributed by atoms with E-state index in [1.807, 2.05) is 6.92 Å². The van der Waals surface area contributed by atoms with E-state index in [-0.39, 0.29) is 11.9 Å². The van der Waals surface area contributed by atoms with Crippen molar-refractivity contribution < 1.29 is 18.0 Å². The molecule has 1 aliphatic carbocycles. The van der Waals surface area contributed by atoms with E-state index in [0.717, 1.165) is 36.5 Å². The number of alkyl halides is 3. The highest BCUT2D eigenvalue weighted by atomic mass is 19.4. The average molecular weight is 337 g/mol. The smallest absolute Gasteiger partial charge is 0.357 e. The Morgan fingerprint density at radius 1 is 1.38 bits per heavy atom. The van der Waals surface area contributed by atoms with Crippen LogP contribution in [0.3, 0.4) is 0 Å². The molecule has 2 aromatic rings. The summed E-state index contributed by atoms with van der Waals surface area (Å²) in [6.07, 6.45) is 2.09. The topological polar surface area (TPSA) is 57.8 Å². The quantitative estimate of drug-likeness (QED) is 0.895. The van der Waals surface area contributed by atoms with Crippen molar-refractivity contribution in [3.63, 3.8) is 0 Å². The van der Waals surface area contributed by atoms with Crippen molar-refractivity contribution in [2.24, 2.45) is 0 Å². The maximum absolute atomic E-state index is 12.5. The molecule has 1 aliphatic rings. The summed E-state index contributed by atoms with van der Waals surface area (Å²) in [6, 6.07) is 2.64. The first-order valence-electron chi connectivity index (χ1n) is 7.84. The minimum absolute atomic E-state index is 0.131. The molecule has 1 amide bonds. The Hall–Kier alpha value is -2.31. The first kappa shape index (κ1) is 16.5. The Morgan fingerprint density at radius 3 is 2.67 bits per heavy atom. The molecule has 0 spiro atoms. The van der Waals surface area contributed by atoms with Crippen LogP contribution < -0.4 is 5.32 Å². The highest BCUT2D eigenvalue weighted by Gasteiger charge is 2.32. The molecule has 2 N–H and O–H groups in total. The SMILES string of the molecule is Cc1c(Cc2ccc(C(F)(F)F)nc2)c[nH]c1C(=O)NC1CCC1. The normalized spacial score (nSPS) is 15.2. The zero-order valence-corrected chi connectivity index (χ0v) is 13.2. The van der Waals surface area contributed by atoms with E-state index in [1.54, 1.807) is 6.20 Å². The molecule has 2 aromatic heterocycles. The summed E-state index contributed by atoms with van der Waals surface area (Å²) in [4.78, 5) is 18.6. The molecular formula is C17H18F3N3O. The Balaban J connectivity index is 1.70. The molecule has 0 bridgehead atoms. The van der Waals surface area contributed by atoms with Crippen molar-refractivity contribution in [3.05, 3.63) is 52.6 Å². The lowest BCUT2D eigenvalue weighted by molar-refractivity contribution is -0.141. The molecule has 24 heavy (non-hydrogen) atoms. The zero-order valence-electron chi connectivity index (χ0n) is 13.2. The van der Waals surface area contributed by atoms with Gasteiger partial charge in [-0.25, -0.2) is 0 Å². The molecule has 1 saturated carbocycles. The van der Waals surface area contributed by atoms with E-state index in [9.17, 15) is 18.0 Å². The third-order valence-electron chi connectivity index (χ3n) is 4.42. The summed E-state index contributed by atoms with van der Waals surface area (Å²) < 4.78 is 37.6. The molecule has 0 atom stereocenters. The largest absolute Gasteiger partial charge is 0.433 e. The molecule has 3 rings (SSSR count). The van der Waals surface area contributed by atoms with Crippen LogP contribution in [0.4, 0.5) is 13.2 Å². The lowest BCUT2D eigenvalue weighted by Crippen LogP contribution is -2.39. The molecular weight excluding hydrogens is 319 g/mol. The second-order valence-corrected chi connectivity index (χ2v) is 6.14. The number of aromatic nitrogens is 2. The number of hydrogen-bond donors (Lipinski definition) is 2. The second-order valence-electron chi connectivity index (χ2n) is 6.14. The van der Waals surface area contributed by atoms with Crippen LogP contribution in [0.15, 0.2) is 24.5 Å². The number of carbonyl (C=O) groups excluding carboxylic acids is 1. The maximum Gasteiger partial charge on any atom is 0.433 e. The van der Waals surface area contributed by atoms with Crippen molar-refractivity contribution in [3.8, 4) is 0 Å². The lowest BCUT2D eigenvalue weighted by atomic mass is 9.93. The summed E-state index contributed by atoms with van der Waals surface area (Å²) in [6.45, 7) is 1.83. The van der Waals surface area contributed by atoms with Gasteiger partial charge in [-0.1, -0.05) is 6.07 Å². The number of amides is 1. The number of nitrogens with zero attached hydrogens (tertiary/aromatic N) is 1. The minimum atomic E-state index is -4.44. The first-order valence-corrected chi connectivity index (χ1v) is 7.84. The highest BCUT2D eigenvalue weighted by molar-refractivity contribution is 5.94. The number of aromatic amines is 1. The van der Waals surface area contributed by atoms with Gasteiger partial charge in [0.15, 0.2) is 0 Å². The monoisotopic (exact) mass is 337 g/mol. The molecule has 4 nitrogen and oxygen atoms in total. The number of pyridine rings is 1. The highest BCUT2D eigenvalue weighted by Crippen LogP contribution is 2.27. The van der Waals surface area contributed by atoms with Gasteiger partial charge < -0.3 is 10.3 Å². The summed E-state index contributed by atoms with van der Waals surface area (Å²) in [5, 5.41) is 2.97. The predicted molar refractivity (Wildman–Crippen MR) is 82.7 cm³/mol.